The number of nitrogens with zero attached hydrogens (tertiary/aromatic N) is 1. The van der Waals surface area contributed by atoms with Gasteiger partial charge in [0.1, 0.15) is 0 Å². The highest BCUT2D eigenvalue weighted by Gasteiger charge is 2.00. The molecule has 0 aliphatic rings. The van der Waals surface area contributed by atoms with Gasteiger partial charge in [-0.2, -0.15) is 5.10 Å². The van der Waals surface area contributed by atoms with Gasteiger partial charge in [-0.25, -0.2) is 5.43 Å². The number of aromatic amines is 1. The molecule has 0 saturated heterocycles. The van der Waals surface area contributed by atoms with E-state index in [-0.39, 0.29) is 12.5 Å². The molecule has 3 rings (SSSR count). The predicted octanol–water partition coefficient (Wildman–Crippen LogP) is 2.73. The van der Waals surface area contributed by atoms with Crippen molar-refractivity contribution in [3.63, 3.8) is 0 Å². The molecule has 0 unspecified atom stereocenters. The van der Waals surface area contributed by atoms with Crippen molar-refractivity contribution in [3.8, 4) is 0 Å². The van der Waals surface area contributed by atoms with E-state index < -0.39 is 0 Å². The lowest BCUT2D eigenvalue weighted by Crippen LogP contribution is -2.25. The van der Waals surface area contributed by atoms with Crippen LogP contribution in [0.25, 0.3) is 10.8 Å². The second kappa shape index (κ2) is 6.58. The zero-order valence-electron chi connectivity index (χ0n) is 11.9. The highest BCUT2D eigenvalue weighted by molar-refractivity contribution is 5.87. The van der Waals surface area contributed by atoms with Crippen LogP contribution in [-0.4, -0.2) is 23.7 Å². The molecule has 0 fully saturated rings. The third-order valence-electron chi connectivity index (χ3n) is 3.22. The second-order valence-electron chi connectivity index (χ2n) is 4.83. The first-order valence-corrected chi connectivity index (χ1v) is 6.99. The van der Waals surface area contributed by atoms with E-state index in [2.05, 4.69) is 26.9 Å². The Morgan fingerprint density at radius 1 is 1.09 bits per heavy atom. The van der Waals surface area contributed by atoms with Crippen LogP contribution >= 0.6 is 0 Å². The van der Waals surface area contributed by atoms with E-state index in [1.54, 1.807) is 12.4 Å². The summed E-state index contributed by atoms with van der Waals surface area (Å²) in [5.74, 6) is -0.198. The van der Waals surface area contributed by atoms with E-state index in [1.807, 2.05) is 48.5 Å². The van der Waals surface area contributed by atoms with Crippen LogP contribution in [0.4, 0.5) is 5.69 Å². The molecule has 5 nitrogen and oxygen atoms in total. The van der Waals surface area contributed by atoms with Crippen molar-refractivity contribution in [1.82, 2.24) is 10.4 Å². The Labute approximate surface area is 128 Å². The Balaban J connectivity index is 1.53. The molecule has 0 spiro atoms. The summed E-state index contributed by atoms with van der Waals surface area (Å²) in [5.41, 5.74) is 4.22. The molecule has 3 N–H and O–H groups in total. The summed E-state index contributed by atoms with van der Waals surface area (Å²) in [7, 11) is 0. The van der Waals surface area contributed by atoms with Crippen molar-refractivity contribution in [2.75, 3.05) is 11.9 Å². The zero-order valence-corrected chi connectivity index (χ0v) is 11.9. The maximum atomic E-state index is 11.7. The molecular weight excluding hydrogens is 276 g/mol. The largest absolute Gasteiger partial charge is 0.376 e. The molecule has 0 aliphatic heterocycles. The number of hydrogen-bond acceptors (Lipinski definition) is 3. The maximum absolute atomic E-state index is 11.7. The van der Waals surface area contributed by atoms with Crippen LogP contribution in [0.2, 0.25) is 0 Å². The predicted molar refractivity (Wildman–Crippen MR) is 89.0 cm³/mol. The molecule has 3 aromatic rings. The first-order valence-electron chi connectivity index (χ1n) is 6.99. The second-order valence-corrected chi connectivity index (χ2v) is 4.83. The van der Waals surface area contributed by atoms with Crippen LogP contribution in [0.5, 0.6) is 0 Å². The van der Waals surface area contributed by atoms with Gasteiger partial charge in [-0.15, -0.1) is 0 Å². The number of anilines is 1. The maximum Gasteiger partial charge on any atom is 0.259 e. The van der Waals surface area contributed by atoms with Crippen molar-refractivity contribution < 1.29 is 4.79 Å². The Morgan fingerprint density at radius 3 is 2.77 bits per heavy atom. The fraction of sp³-hybridized carbons (Fsp3) is 0.0588. The van der Waals surface area contributed by atoms with Crippen LogP contribution < -0.4 is 10.7 Å². The van der Waals surface area contributed by atoms with Gasteiger partial charge in [0.05, 0.1) is 18.5 Å². The summed E-state index contributed by atoms with van der Waals surface area (Å²) >= 11 is 0. The van der Waals surface area contributed by atoms with Crippen molar-refractivity contribution in [1.29, 1.82) is 0 Å². The van der Waals surface area contributed by atoms with Crippen molar-refractivity contribution in [2.45, 2.75) is 0 Å². The van der Waals surface area contributed by atoms with Gasteiger partial charge in [0, 0.05) is 11.9 Å². The number of hydrazone groups is 1. The monoisotopic (exact) mass is 292 g/mol. The van der Waals surface area contributed by atoms with Crippen molar-refractivity contribution >= 4 is 28.6 Å². The topological polar surface area (TPSA) is 69.3 Å². The van der Waals surface area contributed by atoms with Gasteiger partial charge >= 0.3 is 0 Å². The number of rotatable bonds is 5. The third kappa shape index (κ3) is 3.52. The molecule has 1 amide bonds. The molecule has 0 radical (unpaired) electrons. The van der Waals surface area contributed by atoms with Gasteiger partial charge < -0.3 is 10.3 Å². The standard InChI is InChI=1S/C17H16N4O/c22-17(21-20-11-16-6-3-9-18-16)12-19-15-8-7-13-4-1-2-5-14(13)10-15/h1-11,18-19H,12H2,(H,21,22)/b20-11+. The van der Waals surface area contributed by atoms with Gasteiger partial charge in [0.15, 0.2) is 0 Å². The number of amides is 1. The lowest BCUT2D eigenvalue weighted by Gasteiger charge is -2.06. The summed E-state index contributed by atoms with van der Waals surface area (Å²) in [6.45, 7) is 0.167. The lowest BCUT2D eigenvalue weighted by atomic mass is 10.1. The molecular formula is C17H16N4O. The van der Waals surface area contributed by atoms with Crippen LogP contribution in [0.15, 0.2) is 65.9 Å². The van der Waals surface area contributed by atoms with Gasteiger partial charge in [0.25, 0.3) is 5.91 Å². The van der Waals surface area contributed by atoms with E-state index in [9.17, 15) is 4.79 Å². The number of carbonyl (C=O) groups is 1. The molecule has 0 bridgehead atoms. The van der Waals surface area contributed by atoms with Crippen LogP contribution in [-0.2, 0) is 4.79 Å². The van der Waals surface area contributed by atoms with Crippen molar-refractivity contribution in [3.05, 3.63) is 66.5 Å². The molecule has 0 saturated carbocycles. The first kappa shape index (κ1) is 13.9. The summed E-state index contributed by atoms with van der Waals surface area (Å²) < 4.78 is 0. The van der Waals surface area contributed by atoms with Crippen LogP contribution in [0, 0.1) is 0 Å². The Hall–Kier alpha value is -3.08. The number of carbonyl (C=O) groups excluding carboxylic acids is 1. The van der Waals surface area contributed by atoms with Gasteiger partial charge in [0.2, 0.25) is 0 Å². The fourth-order valence-electron chi connectivity index (χ4n) is 2.12. The van der Waals surface area contributed by atoms with E-state index in [0.717, 1.165) is 16.8 Å². The minimum atomic E-state index is -0.198. The number of nitrogens with one attached hydrogen (secondary N) is 3. The average molecular weight is 292 g/mol. The number of H-pyrrole nitrogens is 1. The fourth-order valence-corrected chi connectivity index (χ4v) is 2.12. The smallest absolute Gasteiger partial charge is 0.259 e. The Bertz CT molecular complexity index is 793. The summed E-state index contributed by atoms with van der Waals surface area (Å²) in [4.78, 5) is 14.7. The van der Waals surface area contributed by atoms with Gasteiger partial charge in [-0.05, 0) is 35.0 Å². The lowest BCUT2D eigenvalue weighted by molar-refractivity contribution is -0.119. The summed E-state index contributed by atoms with van der Waals surface area (Å²) in [5, 5.41) is 9.28. The third-order valence-corrected chi connectivity index (χ3v) is 3.22. The number of fused-ring (bicyclic) bond motifs is 1. The van der Waals surface area contributed by atoms with E-state index in [0.29, 0.717) is 0 Å². The summed E-state index contributed by atoms with van der Waals surface area (Å²) in [6, 6.07) is 17.8. The SMILES string of the molecule is O=C(CNc1ccc2ccccc2c1)N/N=C/c1ccc[nH]1. The van der Waals surface area contributed by atoms with Crippen LogP contribution in [0.3, 0.4) is 0 Å². The van der Waals surface area contributed by atoms with E-state index in [1.165, 1.54) is 5.39 Å². The zero-order chi connectivity index (χ0) is 15.2. The van der Waals surface area contributed by atoms with Crippen LogP contribution in [0.1, 0.15) is 5.69 Å². The number of hydrogen-bond donors (Lipinski definition) is 3. The highest BCUT2D eigenvalue weighted by atomic mass is 16.2. The normalized spacial score (nSPS) is 10.9. The minimum Gasteiger partial charge on any atom is -0.376 e. The van der Waals surface area contributed by atoms with E-state index >= 15 is 0 Å². The minimum absolute atomic E-state index is 0.167. The quantitative estimate of drug-likeness (QED) is 0.500. The first-order chi connectivity index (χ1) is 10.8. The number of aromatic nitrogens is 1. The Kier molecular flexibility index (Phi) is 4.15. The molecule has 22 heavy (non-hydrogen) atoms. The molecule has 0 atom stereocenters. The molecule has 5 heteroatoms. The molecule has 110 valence electrons. The van der Waals surface area contributed by atoms with E-state index in [4.69, 9.17) is 0 Å². The van der Waals surface area contributed by atoms with Gasteiger partial charge in [-0.1, -0.05) is 30.3 Å². The molecule has 2 aromatic carbocycles. The molecule has 0 aliphatic carbocycles. The number of benzene rings is 2. The van der Waals surface area contributed by atoms with Gasteiger partial charge in [-0.3, -0.25) is 4.79 Å². The summed E-state index contributed by atoms with van der Waals surface area (Å²) in [6.07, 6.45) is 3.36. The molecule has 1 aromatic heterocycles. The average Bonchev–Trinajstić information content (AvgIpc) is 3.06. The molecule has 1 heterocycles. The highest BCUT2D eigenvalue weighted by Crippen LogP contribution is 2.18. The Morgan fingerprint density at radius 2 is 1.95 bits per heavy atom. The van der Waals surface area contributed by atoms with Crippen molar-refractivity contribution in [2.24, 2.45) is 5.10 Å².